The molecule has 5 heteroatoms. The lowest BCUT2D eigenvalue weighted by Crippen LogP contribution is -2.42. The first-order chi connectivity index (χ1) is 17.8. The normalized spacial score (nSPS) is 17.7. The molecule has 0 radical (unpaired) electrons. The maximum Gasteiger partial charge on any atom is 0.407 e. The van der Waals surface area contributed by atoms with Crippen LogP contribution in [-0.4, -0.2) is 38.1 Å². The van der Waals surface area contributed by atoms with Crippen molar-refractivity contribution >= 4 is 6.09 Å². The van der Waals surface area contributed by atoms with Crippen LogP contribution in [-0.2, 0) is 20.8 Å². The zero-order valence-electron chi connectivity index (χ0n) is 23.0. The van der Waals surface area contributed by atoms with E-state index in [4.69, 9.17) is 14.2 Å². The molecular weight excluding hydrogens is 450 g/mol. The molecule has 1 N–H and O–H groups in total. The van der Waals surface area contributed by atoms with Gasteiger partial charge in [-0.25, -0.2) is 4.79 Å². The lowest BCUT2D eigenvalue weighted by atomic mass is 10.0. The van der Waals surface area contributed by atoms with Crippen molar-refractivity contribution in [2.24, 2.45) is 0 Å². The third-order valence-corrected chi connectivity index (χ3v) is 7.08. The molecular formula is C31H53NO4. The van der Waals surface area contributed by atoms with Gasteiger partial charge in [-0.2, -0.15) is 0 Å². The highest BCUT2D eigenvalue weighted by Crippen LogP contribution is 2.19. The number of hydrogen-bond donors (Lipinski definition) is 1. The first-order valence-electron chi connectivity index (χ1n) is 15.0. The Morgan fingerprint density at radius 2 is 1.44 bits per heavy atom. The van der Waals surface area contributed by atoms with E-state index >= 15 is 0 Å². The zero-order chi connectivity index (χ0) is 25.5. The van der Waals surface area contributed by atoms with Crippen LogP contribution in [0.3, 0.4) is 0 Å². The first-order valence-corrected chi connectivity index (χ1v) is 15.0. The Hall–Kier alpha value is -1.59. The van der Waals surface area contributed by atoms with Crippen molar-refractivity contribution in [3.63, 3.8) is 0 Å². The van der Waals surface area contributed by atoms with E-state index in [-0.39, 0.29) is 18.3 Å². The minimum atomic E-state index is -0.330. The second-order valence-corrected chi connectivity index (χ2v) is 10.4. The minimum Gasteiger partial charge on any atom is -0.443 e. The minimum absolute atomic E-state index is 0.195. The van der Waals surface area contributed by atoms with E-state index in [0.29, 0.717) is 26.4 Å². The van der Waals surface area contributed by atoms with Gasteiger partial charge in [0.05, 0.1) is 13.2 Å². The van der Waals surface area contributed by atoms with Crippen LogP contribution in [0.25, 0.3) is 0 Å². The van der Waals surface area contributed by atoms with Crippen LogP contribution >= 0.6 is 0 Å². The van der Waals surface area contributed by atoms with E-state index < -0.39 is 0 Å². The number of hydrogen-bond acceptors (Lipinski definition) is 4. The number of alkyl carbamates (subject to hydrolysis) is 1. The van der Waals surface area contributed by atoms with Crippen molar-refractivity contribution in [1.29, 1.82) is 0 Å². The molecule has 1 aliphatic rings. The molecule has 0 aromatic heterocycles. The molecule has 0 saturated carbocycles. The molecule has 0 aliphatic carbocycles. The summed E-state index contributed by atoms with van der Waals surface area (Å²) < 4.78 is 17.3. The fourth-order valence-corrected chi connectivity index (χ4v) is 4.84. The Labute approximate surface area is 221 Å². The molecule has 1 amide bonds. The van der Waals surface area contributed by atoms with Gasteiger partial charge in [0.15, 0.2) is 0 Å². The van der Waals surface area contributed by atoms with Crippen LogP contribution in [0.1, 0.15) is 122 Å². The summed E-state index contributed by atoms with van der Waals surface area (Å²) in [5.74, 6) is 0. The van der Waals surface area contributed by atoms with Crippen molar-refractivity contribution in [2.75, 3.05) is 19.8 Å². The predicted molar refractivity (Wildman–Crippen MR) is 148 cm³/mol. The van der Waals surface area contributed by atoms with Crippen LogP contribution in [0.5, 0.6) is 0 Å². The van der Waals surface area contributed by atoms with Gasteiger partial charge in [0, 0.05) is 13.2 Å². The number of nitrogens with one attached hydrogen (secondary N) is 1. The summed E-state index contributed by atoms with van der Waals surface area (Å²) in [4.78, 5) is 12.3. The summed E-state index contributed by atoms with van der Waals surface area (Å²) in [7, 11) is 0. The molecule has 1 saturated heterocycles. The van der Waals surface area contributed by atoms with Gasteiger partial charge in [-0.1, -0.05) is 127 Å². The van der Waals surface area contributed by atoms with Crippen LogP contribution < -0.4 is 5.32 Å². The Morgan fingerprint density at radius 3 is 2.06 bits per heavy atom. The molecule has 0 unspecified atom stereocenters. The number of carbonyl (C=O) groups excluding carboxylic acids is 1. The van der Waals surface area contributed by atoms with Gasteiger partial charge >= 0.3 is 6.09 Å². The van der Waals surface area contributed by atoms with E-state index in [1.165, 1.54) is 89.9 Å². The fourth-order valence-electron chi connectivity index (χ4n) is 4.84. The molecule has 1 aromatic carbocycles. The Bertz CT molecular complexity index is 639. The number of amides is 1. The number of ether oxygens (including phenoxy) is 3. The van der Waals surface area contributed by atoms with Gasteiger partial charge < -0.3 is 19.5 Å². The van der Waals surface area contributed by atoms with E-state index in [1.54, 1.807) is 0 Å². The Kier molecular flexibility index (Phi) is 18.3. The summed E-state index contributed by atoms with van der Waals surface area (Å²) in [5, 5.41) is 2.92. The van der Waals surface area contributed by atoms with E-state index in [9.17, 15) is 4.79 Å². The van der Waals surface area contributed by atoms with Gasteiger partial charge in [0.1, 0.15) is 12.2 Å². The quantitative estimate of drug-likeness (QED) is 0.171. The van der Waals surface area contributed by atoms with E-state index in [1.807, 2.05) is 30.3 Å². The van der Waals surface area contributed by atoms with Crippen molar-refractivity contribution in [3.8, 4) is 0 Å². The van der Waals surface area contributed by atoms with Crippen LogP contribution in [0, 0.1) is 0 Å². The van der Waals surface area contributed by atoms with Crippen molar-refractivity contribution in [2.45, 2.75) is 135 Å². The Balaban J connectivity index is 1.40. The second kappa shape index (κ2) is 21.5. The second-order valence-electron chi connectivity index (χ2n) is 10.4. The SMILES string of the molecule is CCCCCCCCCCCCCCCCCNC(=O)O[C@H]1CCCO[C@H]1COCc1ccccc1. The molecule has 2 atom stereocenters. The number of rotatable bonds is 21. The molecule has 1 fully saturated rings. The zero-order valence-corrected chi connectivity index (χ0v) is 23.0. The van der Waals surface area contributed by atoms with Gasteiger partial charge in [-0.15, -0.1) is 0 Å². The van der Waals surface area contributed by atoms with Crippen molar-refractivity contribution in [1.82, 2.24) is 5.32 Å². The van der Waals surface area contributed by atoms with Crippen LogP contribution in [0.2, 0.25) is 0 Å². The molecule has 206 valence electrons. The smallest absolute Gasteiger partial charge is 0.407 e. The maximum atomic E-state index is 12.3. The number of unbranched alkanes of at least 4 members (excludes halogenated alkanes) is 14. The molecule has 1 aromatic rings. The number of carbonyl (C=O) groups is 1. The average Bonchev–Trinajstić information content (AvgIpc) is 2.90. The van der Waals surface area contributed by atoms with Gasteiger partial charge in [-0.05, 0) is 24.8 Å². The van der Waals surface area contributed by atoms with Crippen molar-refractivity contribution < 1.29 is 19.0 Å². The first kappa shape index (κ1) is 30.6. The fraction of sp³-hybridized carbons (Fsp3) is 0.774. The van der Waals surface area contributed by atoms with Crippen molar-refractivity contribution in [3.05, 3.63) is 35.9 Å². The van der Waals surface area contributed by atoms with Gasteiger partial charge in [-0.3, -0.25) is 0 Å². The van der Waals surface area contributed by atoms with Crippen LogP contribution in [0.4, 0.5) is 4.79 Å². The molecule has 5 nitrogen and oxygen atoms in total. The van der Waals surface area contributed by atoms with Crippen LogP contribution in [0.15, 0.2) is 30.3 Å². The van der Waals surface area contributed by atoms with E-state index in [0.717, 1.165) is 24.8 Å². The van der Waals surface area contributed by atoms with Gasteiger partial charge in [0.25, 0.3) is 0 Å². The third-order valence-electron chi connectivity index (χ3n) is 7.08. The number of benzene rings is 1. The molecule has 0 spiro atoms. The monoisotopic (exact) mass is 503 g/mol. The van der Waals surface area contributed by atoms with E-state index in [2.05, 4.69) is 12.2 Å². The predicted octanol–water partition coefficient (Wildman–Crippen LogP) is 8.35. The topological polar surface area (TPSA) is 56.8 Å². The summed E-state index contributed by atoms with van der Waals surface area (Å²) in [6.07, 6.45) is 21.1. The molecule has 0 bridgehead atoms. The highest BCUT2D eigenvalue weighted by atomic mass is 16.6. The highest BCUT2D eigenvalue weighted by Gasteiger charge is 2.29. The molecule has 2 rings (SSSR count). The lowest BCUT2D eigenvalue weighted by molar-refractivity contribution is -0.111. The molecule has 1 aliphatic heterocycles. The third kappa shape index (κ3) is 15.5. The summed E-state index contributed by atoms with van der Waals surface area (Å²) in [6, 6.07) is 10.1. The molecule has 1 heterocycles. The standard InChI is InChI=1S/C31H53NO4/c1-2-3-4-5-6-7-8-9-10-11-12-13-14-15-19-24-32-31(33)36-29-23-20-25-35-30(29)27-34-26-28-21-17-16-18-22-28/h16-18,21-22,29-30H,2-15,19-20,23-27H2,1H3,(H,32,33)/t29-,30-/m0/s1. The molecule has 36 heavy (non-hydrogen) atoms. The summed E-state index contributed by atoms with van der Waals surface area (Å²) in [6.45, 7) is 4.63. The lowest BCUT2D eigenvalue weighted by Gasteiger charge is -2.31. The summed E-state index contributed by atoms with van der Waals surface area (Å²) in [5.41, 5.74) is 1.13. The average molecular weight is 504 g/mol. The van der Waals surface area contributed by atoms with Gasteiger partial charge in [0.2, 0.25) is 0 Å². The Morgan fingerprint density at radius 1 is 0.861 bits per heavy atom. The summed E-state index contributed by atoms with van der Waals surface area (Å²) >= 11 is 0. The largest absolute Gasteiger partial charge is 0.443 e. The maximum absolute atomic E-state index is 12.3. The highest BCUT2D eigenvalue weighted by molar-refractivity contribution is 5.67.